The van der Waals surface area contributed by atoms with Gasteiger partial charge < -0.3 is 40.7 Å². The van der Waals surface area contributed by atoms with Crippen molar-refractivity contribution in [2.24, 2.45) is 5.92 Å². The standard InChI is InChI=1S/C42H55N7O8/c1-26-23-34-41(55)57-28(3)35(46-36(50)31(24-30-15-8-5-9-16-30)45-42(56)43-20-19-29-13-6-4-7-14-29)40(54)48-22-12-18-33(48)39(53)47-21-11-10-17-32(47)37(51)44-27(2)38(52)49(34)25-26/h4-9,13-16,26-28,31-35H,10-12,17-25H2,1-3H3,(H,44,51)(H,46,50)(H2,43,45,56). The van der Waals surface area contributed by atoms with Crippen molar-refractivity contribution in [3.8, 4) is 0 Å². The fourth-order valence-corrected chi connectivity index (χ4v) is 8.46. The number of piperidine rings is 1. The summed E-state index contributed by atoms with van der Waals surface area (Å²) in [4.78, 5) is 102. The number of hydrogen-bond acceptors (Lipinski definition) is 8. The van der Waals surface area contributed by atoms with Crippen LogP contribution in [0.4, 0.5) is 4.79 Å². The van der Waals surface area contributed by atoms with E-state index in [0.29, 0.717) is 58.0 Å². The van der Waals surface area contributed by atoms with Crippen LogP contribution in [0.25, 0.3) is 0 Å². The molecule has 4 aliphatic rings. The van der Waals surface area contributed by atoms with Gasteiger partial charge in [-0.3, -0.25) is 24.0 Å². The molecule has 6 rings (SSSR count). The lowest BCUT2D eigenvalue weighted by Crippen LogP contribution is -2.63. The molecule has 57 heavy (non-hydrogen) atoms. The first-order chi connectivity index (χ1) is 27.4. The number of carbonyl (C=O) groups excluding carboxylic acids is 7. The summed E-state index contributed by atoms with van der Waals surface area (Å²) in [6.45, 7) is 6.08. The van der Waals surface area contributed by atoms with Gasteiger partial charge in [-0.15, -0.1) is 0 Å². The summed E-state index contributed by atoms with van der Waals surface area (Å²) in [5.74, 6) is -3.42. The van der Waals surface area contributed by atoms with Gasteiger partial charge in [-0.05, 0) is 75.8 Å². The van der Waals surface area contributed by atoms with E-state index in [1.807, 2.05) is 67.6 Å². The predicted octanol–water partition coefficient (Wildman–Crippen LogP) is 1.68. The lowest BCUT2D eigenvalue weighted by atomic mass is 9.99. The molecule has 4 heterocycles. The topological polar surface area (TPSA) is 187 Å². The number of amides is 7. The minimum Gasteiger partial charge on any atom is -0.458 e. The van der Waals surface area contributed by atoms with Gasteiger partial charge in [-0.2, -0.15) is 0 Å². The number of urea groups is 1. The molecule has 15 nitrogen and oxygen atoms in total. The summed E-state index contributed by atoms with van der Waals surface area (Å²) >= 11 is 0. The highest BCUT2D eigenvalue weighted by Gasteiger charge is 2.47. The number of fused-ring (bicyclic) bond motifs is 3. The first-order valence-corrected chi connectivity index (χ1v) is 20.3. The Morgan fingerprint density at radius 3 is 2.14 bits per heavy atom. The maximum absolute atomic E-state index is 14.7. The molecular weight excluding hydrogens is 731 g/mol. The largest absolute Gasteiger partial charge is 0.458 e. The van der Waals surface area contributed by atoms with Crippen LogP contribution in [-0.4, -0.2) is 125 Å². The fourth-order valence-electron chi connectivity index (χ4n) is 8.46. The summed E-state index contributed by atoms with van der Waals surface area (Å²) in [5.41, 5.74) is 1.79. The highest BCUT2D eigenvalue weighted by atomic mass is 16.5. The minimum absolute atomic E-state index is 0.0515. The van der Waals surface area contributed by atoms with Gasteiger partial charge in [0.2, 0.25) is 29.5 Å². The number of hydrogen-bond donors (Lipinski definition) is 4. The maximum atomic E-state index is 14.7. The van der Waals surface area contributed by atoms with Crippen molar-refractivity contribution in [3.05, 3.63) is 71.8 Å². The predicted molar refractivity (Wildman–Crippen MR) is 209 cm³/mol. The second kappa shape index (κ2) is 18.6. The molecule has 0 saturated carbocycles. The van der Waals surface area contributed by atoms with Gasteiger partial charge in [0, 0.05) is 32.6 Å². The number of rotatable bonds is 8. The molecule has 8 unspecified atom stereocenters. The Balaban J connectivity index is 1.29. The maximum Gasteiger partial charge on any atom is 0.329 e. The van der Waals surface area contributed by atoms with E-state index in [0.717, 1.165) is 11.1 Å². The van der Waals surface area contributed by atoms with Crippen molar-refractivity contribution in [3.63, 3.8) is 0 Å². The molecule has 0 radical (unpaired) electrons. The van der Waals surface area contributed by atoms with Crippen LogP contribution in [0.1, 0.15) is 70.4 Å². The zero-order valence-corrected chi connectivity index (χ0v) is 33.0. The summed E-state index contributed by atoms with van der Waals surface area (Å²) < 4.78 is 5.96. The summed E-state index contributed by atoms with van der Waals surface area (Å²) in [7, 11) is 0. The Morgan fingerprint density at radius 2 is 1.42 bits per heavy atom. The van der Waals surface area contributed by atoms with Crippen LogP contribution in [0.5, 0.6) is 0 Å². The molecule has 306 valence electrons. The van der Waals surface area contributed by atoms with Crippen molar-refractivity contribution < 1.29 is 38.3 Å². The van der Waals surface area contributed by atoms with Gasteiger partial charge in [0.25, 0.3) is 0 Å². The molecule has 4 saturated heterocycles. The third-order valence-electron chi connectivity index (χ3n) is 11.5. The number of benzene rings is 2. The zero-order valence-electron chi connectivity index (χ0n) is 33.0. The normalized spacial score (nSPS) is 27.7. The smallest absolute Gasteiger partial charge is 0.329 e. The van der Waals surface area contributed by atoms with Crippen LogP contribution >= 0.6 is 0 Å². The molecule has 8 atom stereocenters. The molecular formula is C42H55N7O8. The molecule has 0 aliphatic carbocycles. The van der Waals surface area contributed by atoms with Crippen LogP contribution < -0.4 is 21.3 Å². The molecule has 0 spiro atoms. The van der Waals surface area contributed by atoms with E-state index in [4.69, 9.17) is 4.74 Å². The number of carbonyl (C=O) groups is 7. The van der Waals surface area contributed by atoms with Crippen LogP contribution in [0.2, 0.25) is 0 Å². The molecule has 2 aromatic carbocycles. The summed E-state index contributed by atoms with van der Waals surface area (Å²) in [6, 6.07) is 11.9. The Labute approximate surface area is 333 Å². The lowest BCUT2D eigenvalue weighted by Gasteiger charge is -2.39. The molecule has 2 aromatic rings. The highest BCUT2D eigenvalue weighted by molar-refractivity contribution is 5.98. The average Bonchev–Trinajstić information content (AvgIpc) is 3.86. The molecule has 0 bridgehead atoms. The second-order valence-electron chi connectivity index (χ2n) is 15.8. The third kappa shape index (κ3) is 9.92. The molecule has 4 N–H and O–H groups in total. The van der Waals surface area contributed by atoms with Crippen molar-refractivity contribution in [2.75, 3.05) is 26.2 Å². The van der Waals surface area contributed by atoms with Crippen LogP contribution in [-0.2, 0) is 46.3 Å². The monoisotopic (exact) mass is 785 g/mol. The minimum atomic E-state index is -1.45. The van der Waals surface area contributed by atoms with Crippen molar-refractivity contribution in [1.82, 2.24) is 36.0 Å². The Morgan fingerprint density at radius 1 is 0.772 bits per heavy atom. The second-order valence-corrected chi connectivity index (χ2v) is 15.8. The van der Waals surface area contributed by atoms with E-state index in [1.165, 1.54) is 21.6 Å². The Bertz CT molecular complexity index is 1790. The first-order valence-electron chi connectivity index (χ1n) is 20.3. The number of nitrogens with zero attached hydrogens (tertiary/aromatic N) is 3. The quantitative estimate of drug-likeness (QED) is 0.291. The first kappa shape index (κ1) is 41.2. The zero-order chi connectivity index (χ0) is 40.6. The van der Waals surface area contributed by atoms with E-state index in [-0.39, 0.29) is 31.3 Å². The Hall–Kier alpha value is -5.47. The Kier molecular flexibility index (Phi) is 13.5. The molecule has 0 aromatic heterocycles. The van der Waals surface area contributed by atoms with E-state index in [9.17, 15) is 33.6 Å². The van der Waals surface area contributed by atoms with Gasteiger partial charge >= 0.3 is 12.0 Å². The molecule has 4 fully saturated rings. The van der Waals surface area contributed by atoms with E-state index < -0.39 is 78.0 Å². The van der Waals surface area contributed by atoms with Gasteiger partial charge in [-0.1, -0.05) is 67.6 Å². The van der Waals surface area contributed by atoms with Crippen molar-refractivity contribution >= 4 is 41.5 Å². The van der Waals surface area contributed by atoms with Gasteiger partial charge in [-0.25, -0.2) is 9.59 Å². The molecule has 4 aliphatic heterocycles. The van der Waals surface area contributed by atoms with Crippen molar-refractivity contribution in [2.45, 2.75) is 114 Å². The van der Waals surface area contributed by atoms with E-state index in [1.54, 1.807) is 6.92 Å². The van der Waals surface area contributed by atoms with Crippen LogP contribution in [0.3, 0.4) is 0 Å². The summed E-state index contributed by atoms with van der Waals surface area (Å²) in [5, 5.41) is 11.2. The van der Waals surface area contributed by atoms with Gasteiger partial charge in [0.15, 0.2) is 0 Å². The van der Waals surface area contributed by atoms with Crippen LogP contribution in [0.15, 0.2) is 60.7 Å². The lowest BCUT2D eigenvalue weighted by molar-refractivity contribution is -0.163. The SMILES string of the molecule is CC1CC2C(=O)OC(C)C(NC(=O)C(Cc3ccccc3)NC(=O)NCCc3ccccc3)C(=O)N3CCCC3C(=O)N3CCCCC3C(=O)NC(C)C(=O)N2C1. The van der Waals surface area contributed by atoms with Crippen molar-refractivity contribution in [1.29, 1.82) is 0 Å². The van der Waals surface area contributed by atoms with Gasteiger partial charge in [0.1, 0.15) is 42.4 Å². The van der Waals surface area contributed by atoms with E-state index >= 15 is 0 Å². The fraction of sp³-hybridized carbons (Fsp3) is 0.548. The average molecular weight is 786 g/mol. The highest BCUT2D eigenvalue weighted by Crippen LogP contribution is 2.28. The molecule has 7 amide bonds. The number of esters is 1. The van der Waals surface area contributed by atoms with Crippen LogP contribution in [0, 0.1) is 5.92 Å². The summed E-state index contributed by atoms with van der Waals surface area (Å²) in [6.07, 6.45) is 2.38. The van der Waals surface area contributed by atoms with Gasteiger partial charge in [0.05, 0.1) is 0 Å². The number of cyclic esters (lactones) is 1. The third-order valence-corrected chi connectivity index (χ3v) is 11.5. The van der Waals surface area contributed by atoms with E-state index in [2.05, 4.69) is 21.3 Å². The number of ether oxygens (including phenoxy) is 1. The number of nitrogens with one attached hydrogen (secondary N) is 4. The molecule has 15 heteroatoms.